The van der Waals surface area contributed by atoms with Gasteiger partial charge in [-0.3, -0.25) is 4.79 Å². The third kappa shape index (κ3) is 2.94. The van der Waals surface area contributed by atoms with Crippen molar-refractivity contribution < 1.29 is 10.0 Å². The minimum atomic E-state index is -0.0645. The van der Waals surface area contributed by atoms with Gasteiger partial charge in [0.15, 0.2) is 0 Å². The van der Waals surface area contributed by atoms with Gasteiger partial charge in [-0.2, -0.15) is 0 Å². The normalized spacial score (nSPS) is 25.7. The number of oxime groups is 1. The fourth-order valence-electron chi connectivity index (χ4n) is 3.62. The maximum atomic E-state index is 12.5. The number of hydrogen-bond donors (Lipinski definition) is 1. The lowest BCUT2D eigenvalue weighted by Crippen LogP contribution is -2.39. The van der Waals surface area contributed by atoms with Gasteiger partial charge in [-0.1, -0.05) is 54.8 Å². The first-order chi connectivity index (χ1) is 10.3. The van der Waals surface area contributed by atoms with E-state index in [4.69, 9.17) is 0 Å². The van der Waals surface area contributed by atoms with Gasteiger partial charge in [0.05, 0.1) is 0 Å². The van der Waals surface area contributed by atoms with Gasteiger partial charge in [-0.25, -0.2) is 0 Å². The molecule has 0 bridgehead atoms. The zero-order valence-electron chi connectivity index (χ0n) is 12.2. The van der Waals surface area contributed by atoms with Crippen LogP contribution in [0.1, 0.15) is 37.7 Å². The molecule has 1 aliphatic carbocycles. The summed E-state index contributed by atoms with van der Waals surface area (Å²) in [6.07, 6.45) is 6.60. The first kappa shape index (κ1) is 14.1. The highest BCUT2D eigenvalue weighted by atomic mass is 16.4. The Morgan fingerprint density at radius 2 is 1.86 bits per heavy atom. The van der Waals surface area contributed by atoms with Gasteiger partial charge in [0.2, 0.25) is 0 Å². The molecule has 1 heterocycles. The number of amides is 1. The van der Waals surface area contributed by atoms with Crippen LogP contribution in [0.4, 0.5) is 0 Å². The summed E-state index contributed by atoms with van der Waals surface area (Å²) in [6.45, 7) is 0.692. The van der Waals surface area contributed by atoms with Crippen LogP contribution in [0.3, 0.4) is 0 Å². The highest BCUT2D eigenvalue weighted by Crippen LogP contribution is 2.29. The average Bonchev–Trinajstić information content (AvgIpc) is 2.85. The lowest BCUT2D eigenvalue weighted by Gasteiger charge is -2.30. The number of hydrogen-bond acceptors (Lipinski definition) is 3. The maximum Gasteiger partial charge on any atom is 0.272 e. The van der Waals surface area contributed by atoms with Crippen molar-refractivity contribution in [2.75, 3.05) is 6.54 Å². The van der Waals surface area contributed by atoms with Crippen LogP contribution in [0.25, 0.3) is 0 Å². The van der Waals surface area contributed by atoms with Crippen LogP contribution in [0, 0.1) is 5.92 Å². The summed E-state index contributed by atoms with van der Waals surface area (Å²) in [5.41, 5.74) is 1.52. The minimum absolute atomic E-state index is 0.00632. The number of carbonyl (C=O) groups excluding carboxylic acids is 1. The number of benzene rings is 1. The zero-order valence-corrected chi connectivity index (χ0v) is 12.2. The Morgan fingerprint density at radius 1 is 1.14 bits per heavy atom. The summed E-state index contributed by atoms with van der Waals surface area (Å²) in [4.78, 5) is 14.4. The molecule has 1 aromatic carbocycles. The maximum absolute atomic E-state index is 12.5. The molecule has 1 aliphatic heterocycles. The Morgan fingerprint density at radius 3 is 2.52 bits per heavy atom. The molecule has 112 valence electrons. The van der Waals surface area contributed by atoms with E-state index in [2.05, 4.69) is 17.3 Å². The Hall–Kier alpha value is -1.84. The van der Waals surface area contributed by atoms with E-state index >= 15 is 0 Å². The van der Waals surface area contributed by atoms with Crippen LogP contribution in [0.5, 0.6) is 0 Å². The molecular weight excluding hydrogens is 264 g/mol. The fraction of sp³-hybridized carbons (Fsp3) is 0.529. The molecular formula is C17H22N2O2. The van der Waals surface area contributed by atoms with E-state index in [0.717, 1.165) is 19.3 Å². The van der Waals surface area contributed by atoms with Crippen molar-refractivity contribution in [2.45, 2.75) is 44.6 Å². The van der Waals surface area contributed by atoms with Gasteiger partial charge in [0, 0.05) is 18.5 Å². The van der Waals surface area contributed by atoms with Gasteiger partial charge in [-0.15, -0.1) is 0 Å². The second-order valence-electron chi connectivity index (χ2n) is 6.12. The van der Waals surface area contributed by atoms with E-state index in [9.17, 15) is 10.0 Å². The molecule has 1 amide bonds. The zero-order chi connectivity index (χ0) is 14.7. The molecule has 0 aromatic heterocycles. The van der Waals surface area contributed by atoms with Crippen LogP contribution in [-0.2, 0) is 11.2 Å². The largest absolute Gasteiger partial charge is 0.410 e. The first-order valence-corrected chi connectivity index (χ1v) is 7.86. The van der Waals surface area contributed by atoms with E-state index in [-0.39, 0.29) is 11.8 Å². The Bertz CT molecular complexity index is 521. The quantitative estimate of drug-likeness (QED) is 0.686. The molecule has 0 unspecified atom stereocenters. The summed E-state index contributed by atoms with van der Waals surface area (Å²) in [5, 5.41) is 12.6. The van der Waals surface area contributed by atoms with Crippen molar-refractivity contribution in [3.63, 3.8) is 0 Å². The molecule has 21 heavy (non-hydrogen) atoms. The molecule has 2 aliphatic rings. The lowest BCUT2D eigenvalue weighted by molar-refractivity contribution is -0.125. The van der Waals surface area contributed by atoms with E-state index in [1.54, 1.807) is 0 Å². The molecule has 1 atom stereocenters. The molecule has 4 nitrogen and oxygen atoms in total. The van der Waals surface area contributed by atoms with Crippen LogP contribution < -0.4 is 0 Å². The SMILES string of the molecule is O=C1/C(=N/O)[C@@H](Cc2ccccc2)CN1C1CCCCC1. The Balaban J connectivity index is 1.74. The number of rotatable bonds is 3. The van der Waals surface area contributed by atoms with Gasteiger partial charge >= 0.3 is 0 Å². The Labute approximate surface area is 125 Å². The summed E-state index contributed by atoms with van der Waals surface area (Å²) in [7, 11) is 0. The highest BCUT2D eigenvalue weighted by Gasteiger charge is 2.40. The van der Waals surface area contributed by atoms with E-state index in [1.807, 2.05) is 23.1 Å². The minimum Gasteiger partial charge on any atom is -0.410 e. The summed E-state index contributed by atoms with van der Waals surface area (Å²) >= 11 is 0. The van der Waals surface area contributed by atoms with Crippen molar-refractivity contribution >= 4 is 11.6 Å². The van der Waals surface area contributed by atoms with Crippen molar-refractivity contribution in [3.8, 4) is 0 Å². The van der Waals surface area contributed by atoms with Crippen LogP contribution >= 0.6 is 0 Å². The van der Waals surface area contributed by atoms with Gasteiger partial charge in [0.25, 0.3) is 5.91 Å². The van der Waals surface area contributed by atoms with Gasteiger partial charge in [-0.05, 0) is 24.8 Å². The van der Waals surface area contributed by atoms with E-state index in [1.165, 1.54) is 24.8 Å². The lowest BCUT2D eigenvalue weighted by atomic mass is 9.94. The second kappa shape index (κ2) is 6.29. The number of nitrogens with zero attached hydrogens (tertiary/aromatic N) is 2. The van der Waals surface area contributed by atoms with E-state index < -0.39 is 0 Å². The standard InChI is InChI=1S/C17H22N2O2/c20-17-16(18-21)14(11-13-7-3-1-4-8-13)12-19(17)15-9-5-2-6-10-15/h1,3-4,7-8,14-15,21H,2,5-6,9-12H2/b18-16+/t14-/m0/s1. The van der Waals surface area contributed by atoms with Crippen molar-refractivity contribution in [1.82, 2.24) is 4.90 Å². The highest BCUT2D eigenvalue weighted by molar-refractivity contribution is 6.41. The van der Waals surface area contributed by atoms with Crippen molar-refractivity contribution in [2.24, 2.45) is 11.1 Å². The average molecular weight is 286 g/mol. The summed E-state index contributed by atoms with van der Waals surface area (Å²) in [6, 6.07) is 10.4. The second-order valence-corrected chi connectivity index (χ2v) is 6.12. The number of likely N-dealkylation sites (tertiary alicyclic amines) is 1. The van der Waals surface area contributed by atoms with Crippen LogP contribution in [0.2, 0.25) is 0 Å². The van der Waals surface area contributed by atoms with Gasteiger partial charge < -0.3 is 10.1 Å². The van der Waals surface area contributed by atoms with Gasteiger partial charge in [0.1, 0.15) is 5.71 Å². The summed E-state index contributed by atoms with van der Waals surface area (Å²) < 4.78 is 0. The Kier molecular flexibility index (Phi) is 4.23. The molecule has 0 spiro atoms. The molecule has 1 saturated heterocycles. The summed E-state index contributed by atoms with van der Waals surface area (Å²) in [5.74, 6) is -0.0582. The monoisotopic (exact) mass is 286 g/mol. The predicted molar refractivity (Wildman–Crippen MR) is 81.4 cm³/mol. The first-order valence-electron chi connectivity index (χ1n) is 7.86. The van der Waals surface area contributed by atoms with E-state index in [0.29, 0.717) is 18.3 Å². The predicted octanol–water partition coefficient (Wildman–Crippen LogP) is 2.85. The topological polar surface area (TPSA) is 52.9 Å². The molecule has 0 radical (unpaired) electrons. The molecule has 3 rings (SSSR count). The van der Waals surface area contributed by atoms with Crippen molar-refractivity contribution in [1.29, 1.82) is 0 Å². The molecule has 1 aromatic rings. The third-order valence-electron chi connectivity index (χ3n) is 4.73. The third-order valence-corrected chi connectivity index (χ3v) is 4.73. The van der Waals surface area contributed by atoms with Crippen LogP contribution in [0.15, 0.2) is 35.5 Å². The fourth-order valence-corrected chi connectivity index (χ4v) is 3.62. The smallest absolute Gasteiger partial charge is 0.272 e. The van der Waals surface area contributed by atoms with Crippen molar-refractivity contribution in [3.05, 3.63) is 35.9 Å². The molecule has 1 N–H and O–H groups in total. The molecule has 4 heteroatoms. The molecule has 2 fully saturated rings. The molecule has 1 saturated carbocycles. The number of carbonyl (C=O) groups is 1. The van der Waals surface area contributed by atoms with Crippen LogP contribution in [-0.4, -0.2) is 34.3 Å².